The second-order valence-electron chi connectivity index (χ2n) is 5.92. The summed E-state index contributed by atoms with van der Waals surface area (Å²) in [5, 5.41) is 3.13. The summed E-state index contributed by atoms with van der Waals surface area (Å²) in [6.45, 7) is 1.83. The first kappa shape index (κ1) is 18.1. The van der Waals surface area contributed by atoms with E-state index in [0.717, 1.165) is 5.75 Å². The van der Waals surface area contributed by atoms with Gasteiger partial charge in [-0.3, -0.25) is 9.79 Å². The van der Waals surface area contributed by atoms with Crippen LogP contribution in [-0.4, -0.2) is 33.9 Å². The van der Waals surface area contributed by atoms with Gasteiger partial charge in [0, 0.05) is 17.0 Å². The molecule has 0 bridgehead atoms. The van der Waals surface area contributed by atoms with Gasteiger partial charge in [-0.2, -0.15) is 0 Å². The summed E-state index contributed by atoms with van der Waals surface area (Å²) in [4.78, 5) is 24.7. The molecule has 1 aliphatic rings. The molecule has 0 fully saturated rings. The molecule has 1 aliphatic heterocycles. The number of benzene rings is 1. The van der Waals surface area contributed by atoms with Gasteiger partial charge in [-0.1, -0.05) is 11.8 Å². The number of anilines is 1. The van der Waals surface area contributed by atoms with Crippen molar-refractivity contribution in [3.63, 3.8) is 0 Å². The summed E-state index contributed by atoms with van der Waals surface area (Å²) in [5.74, 6) is 0.218. The molecule has 0 unspecified atom stereocenters. The number of methoxy groups -OCH3 is 1. The molecule has 0 saturated heterocycles. The fourth-order valence-electron chi connectivity index (χ4n) is 2.63. The fourth-order valence-corrected chi connectivity index (χ4v) is 3.61. The molecular weight excluding hydrogens is 357 g/mol. The van der Waals surface area contributed by atoms with Crippen molar-refractivity contribution in [3.8, 4) is 5.88 Å². The van der Waals surface area contributed by atoms with Crippen LogP contribution in [0.2, 0.25) is 0 Å². The third-order valence-electron chi connectivity index (χ3n) is 4.07. The Hall–Kier alpha value is -2.68. The van der Waals surface area contributed by atoms with E-state index in [4.69, 9.17) is 10.5 Å². The Morgan fingerprint density at radius 1 is 1.38 bits per heavy atom. The average Bonchev–Trinajstić information content (AvgIpc) is 2.63. The Balaban J connectivity index is 1.85. The zero-order valence-electron chi connectivity index (χ0n) is 14.3. The van der Waals surface area contributed by atoms with Crippen LogP contribution in [0.25, 0.3) is 0 Å². The van der Waals surface area contributed by atoms with Crippen LogP contribution in [0.4, 0.5) is 10.1 Å². The first-order valence-electron chi connectivity index (χ1n) is 7.87. The van der Waals surface area contributed by atoms with Crippen LogP contribution in [0.3, 0.4) is 0 Å². The Kier molecular flexibility index (Phi) is 5.08. The number of amides is 1. The van der Waals surface area contributed by atoms with E-state index in [-0.39, 0.29) is 5.69 Å². The monoisotopic (exact) mass is 375 g/mol. The number of carbonyl (C=O) groups is 1. The first-order valence-corrected chi connectivity index (χ1v) is 8.85. The maximum atomic E-state index is 14.4. The molecule has 9 heteroatoms. The van der Waals surface area contributed by atoms with E-state index in [0.29, 0.717) is 28.7 Å². The molecule has 0 spiro atoms. The number of nitrogens with one attached hydrogen (secondary N) is 1. The number of nitrogens with zero attached hydrogens (tertiary/aromatic N) is 3. The van der Waals surface area contributed by atoms with Crippen LogP contribution < -0.4 is 15.8 Å². The van der Waals surface area contributed by atoms with Crippen molar-refractivity contribution >= 4 is 28.5 Å². The average molecular weight is 375 g/mol. The summed E-state index contributed by atoms with van der Waals surface area (Å²) in [5.41, 5.74) is 6.00. The van der Waals surface area contributed by atoms with Gasteiger partial charge >= 0.3 is 0 Å². The Labute approximate surface area is 154 Å². The molecule has 2 aromatic rings. The lowest BCUT2D eigenvalue weighted by Crippen LogP contribution is -2.29. The maximum Gasteiger partial charge on any atom is 0.275 e. The van der Waals surface area contributed by atoms with Crippen LogP contribution >= 0.6 is 11.8 Å². The zero-order valence-corrected chi connectivity index (χ0v) is 15.1. The number of carbonyl (C=O) groups excluding carboxylic acids is 1. The predicted octanol–water partition coefficient (Wildman–Crippen LogP) is 2.54. The van der Waals surface area contributed by atoms with E-state index in [1.165, 1.54) is 43.4 Å². The van der Waals surface area contributed by atoms with Crippen LogP contribution in [0.1, 0.15) is 29.4 Å². The number of hydrogen-bond donors (Lipinski definition) is 2. The van der Waals surface area contributed by atoms with Crippen LogP contribution in [-0.2, 0) is 5.54 Å². The lowest BCUT2D eigenvalue weighted by atomic mass is 9.89. The van der Waals surface area contributed by atoms with Gasteiger partial charge in [-0.25, -0.2) is 14.4 Å². The molecule has 2 heterocycles. The van der Waals surface area contributed by atoms with Crippen LogP contribution in [0.15, 0.2) is 35.6 Å². The fraction of sp³-hybridized carbons (Fsp3) is 0.294. The number of amidine groups is 1. The van der Waals surface area contributed by atoms with E-state index < -0.39 is 17.3 Å². The standard InChI is InChI=1S/C17H18FN5O2S/c1-17(5-6-26-16(19)23-17)11-7-10(3-4-12(11)18)22-15(24)13-8-21-14(25-2)9-20-13/h3-4,7-9H,5-6H2,1-2H3,(H2,19,23)(H,22,24)/t17-/m0/s1. The number of halogens is 1. The van der Waals surface area contributed by atoms with Crippen molar-refractivity contribution in [1.29, 1.82) is 0 Å². The topological polar surface area (TPSA) is 102 Å². The summed E-state index contributed by atoms with van der Waals surface area (Å²) in [6, 6.07) is 4.38. The summed E-state index contributed by atoms with van der Waals surface area (Å²) >= 11 is 1.45. The molecule has 1 atom stereocenters. The molecule has 7 nitrogen and oxygen atoms in total. The maximum absolute atomic E-state index is 14.4. The second kappa shape index (κ2) is 7.28. The summed E-state index contributed by atoms with van der Waals surface area (Å²) in [7, 11) is 1.46. The van der Waals surface area contributed by atoms with Gasteiger partial charge in [0.25, 0.3) is 5.91 Å². The molecular formula is C17H18FN5O2S. The van der Waals surface area contributed by atoms with E-state index in [1.807, 2.05) is 6.92 Å². The number of thioether (sulfide) groups is 1. The third kappa shape index (κ3) is 3.77. The highest BCUT2D eigenvalue weighted by molar-refractivity contribution is 8.13. The molecule has 0 saturated carbocycles. The van der Waals surface area contributed by atoms with Crippen molar-refractivity contribution in [3.05, 3.63) is 47.7 Å². The van der Waals surface area contributed by atoms with Crippen molar-refractivity contribution in [2.24, 2.45) is 10.7 Å². The highest BCUT2D eigenvalue weighted by atomic mass is 32.2. The first-order chi connectivity index (χ1) is 12.4. The zero-order chi connectivity index (χ0) is 18.7. The highest BCUT2D eigenvalue weighted by Gasteiger charge is 2.32. The molecule has 1 aromatic heterocycles. The smallest absolute Gasteiger partial charge is 0.275 e. The van der Waals surface area contributed by atoms with Gasteiger partial charge in [0.05, 0.1) is 25.0 Å². The number of ether oxygens (including phenoxy) is 1. The predicted molar refractivity (Wildman–Crippen MR) is 99.0 cm³/mol. The number of hydrogen-bond acceptors (Lipinski definition) is 7. The lowest BCUT2D eigenvalue weighted by Gasteiger charge is -2.30. The largest absolute Gasteiger partial charge is 0.480 e. The molecule has 3 rings (SSSR count). The van der Waals surface area contributed by atoms with Crippen molar-refractivity contribution in [2.75, 3.05) is 18.2 Å². The van der Waals surface area contributed by atoms with E-state index in [2.05, 4.69) is 20.3 Å². The Bertz CT molecular complexity index is 859. The molecule has 0 aliphatic carbocycles. The van der Waals surface area contributed by atoms with Crippen molar-refractivity contribution < 1.29 is 13.9 Å². The Morgan fingerprint density at radius 2 is 2.19 bits per heavy atom. The summed E-state index contributed by atoms with van der Waals surface area (Å²) in [6.07, 6.45) is 3.31. The molecule has 3 N–H and O–H groups in total. The van der Waals surface area contributed by atoms with Crippen LogP contribution in [0, 0.1) is 5.82 Å². The quantitative estimate of drug-likeness (QED) is 0.851. The van der Waals surface area contributed by atoms with Crippen molar-refractivity contribution in [1.82, 2.24) is 9.97 Å². The minimum atomic E-state index is -0.764. The normalized spacial score (nSPS) is 19.6. The van der Waals surface area contributed by atoms with Crippen LogP contribution in [0.5, 0.6) is 5.88 Å². The van der Waals surface area contributed by atoms with Gasteiger partial charge < -0.3 is 15.8 Å². The third-order valence-corrected chi connectivity index (χ3v) is 4.87. The van der Waals surface area contributed by atoms with Gasteiger partial charge in [-0.05, 0) is 31.5 Å². The van der Waals surface area contributed by atoms with Gasteiger partial charge in [0.15, 0.2) is 5.17 Å². The Morgan fingerprint density at radius 3 is 2.85 bits per heavy atom. The van der Waals surface area contributed by atoms with Crippen molar-refractivity contribution in [2.45, 2.75) is 18.9 Å². The minimum absolute atomic E-state index is 0.124. The van der Waals surface area contributed by atoms with Gasteiger partial charge in [0.1, 0.15) is 11.5 Å². The number of aromatic nitrogens is 2. The molecule has 1 aromatic carbocycles. The highest BCUT2D eigenvalue weighted by Crippen LogP contribution is 2.37. The summed E-state index contributed by atoms with van der Waals surface area (Å²) < 4.78 is 19.3. The molecule has 0 radical (unpaired) electrons. The lowest BCUT2D eigenvalue weighted by molar-refractivity contribution is 0.102. The number of rotatable bonds is 4. The minimum Gasteiger partial charge on any atom is -0.480 e. The van der Waals surface area contributed by atoms with E-state index >= 15 is 0 Å². The number of nitrogens with two attached hydrogens (primary N) is 1. The molecule has 1 amide bonds. The van der Waals surface area contributed by atoms with Gasteiger partial charge in [-0.15, -0.1) is 0 Å². The second-order valence-corrected chi connectivity index (χ2v) is 7.03. The number of aliphatic imine (C=N–C) groups is 1. The van der Waals surface area contributed by atoms with Gasteiger partial charge in [0.2, 0.25) is 5.88 Å². The van der Waals surface area contributed by atoms with E-state index in [9.17, 15) is 9.18 Å². The SMILES string of the molecule is COc1cnc(C(=O)Nc2ccc(F)c([C@]3(C)CCSC(N)=N3)c2)cn1. The van der Waals surface area contributed by atoms with E-state index in [1.54, 1.807) is 6.07 Å². The molecule has 136 valence electrons. The molecule has 26 heavy (non-hydrogen) atoms.